The maximum atomic E-state index is 8.88. The van der Waals surface area contributed by atoms with Gasteiger partial charge in [0.1, 0.15) is 17.7 Å². The van der Waals surface area contributed by atoms with E-state index in [4.69, 9.17) is 21.1 Å². The fourth-order valence-electron chi connectivity index (χ4n) is 1.12. The van der Waals surface area contributed by atoms with Gasteiger partial charge in [-0.1, -0.05) is 6.92 Å². The van der Waals surface area contributed by atoms with Gasteiger partial charge in [0.05, 0.1) is 12.2 Å². The molecule has 4 nitrogen and oxygen atoms in total. The SMILES string of the molecule is CCCOc1ccc(C(=N)N)cc1C#N. The molecular formula is C11H13N3O. The minimum Gasteiger partial charge on any atom is -0.492 e. The van der Waals surface area contributed by atoms with Gasteiger partial charge in [0.25, 0.3) is 0 Å². The van der Waals surface area contributed by atoms with Crippen LogP contribution in [0.2, 0.25) is 0 Å². The largest absolute Gasteiger partial charge is 0.492 e. The smallest absolute Gasteiger partial charge is 0.137 e. The second-order valence-corrected chi connectivity index (χ2v) is 3.08. The molecule has 1 aromatic rings. The topological polar surface area (TPSA) is 82.9 Å². The maximum absolute atomic E-state index is 8.88. The third kappa shape index (κ3) is 2.71. The molecule has 0 heterocycles. The lowest BCUT2D eigenvalue weighted by Gasteiger charge is -2.07. The second-order valence-electron chi connectivity index (χ2n) is 3.08. The standard InChI is InChI=1S/C11H13N3O/c1-2-5-15-10-4-3-8(11(13)14)6-9(10)7-12/h3-4,6H,2,5H2,1H3,(H3,13,14). The van der Waals surface area contributed by atoms with Crippen LogP contribution in [0.4, 0.5) is 0 Å². The van der Waals surface area contributed by atoms with Crippen molar-refractivity contribution < 1.29 is 4.74 Å². The molecule has 0 radical (unpaired) electrons. The van der Waals surface area contributed by atoms with Crippen LogP contribution in [0, 0.1) is 16.7 Å². The predicted molar refractivity (Wildman–Crippen MR) is 58.0 cm³/mol. The van der Waals surface area contributed by atoms with Crippen LogP contribution in [0.5, 0.6) is 5.75 Å². The highest BCUT2D eigenvalue weighted by atomic mass is 16.5. The molecule has 15 heavy (non-hydrogen) atoms. The van der Waals surface area contributed by atoms with Crippen LogP contribution in [0.25, 0.3) is 0 Å². The van der Waals surface area contributed by atoms with Crippen LogP contribution in [0.1, 0.15) is 24.5 Å². The van der Waals surface area contributed by atoms with Gasteiger partial charge < -0.3 is 10.5 Å². The molecule has 0 unspecified atom stereocenters. The highest BCUT2D eigenvalue weighted by Gasteiger charge is 2.05. The summed E-state index contributed by atoms with van der Waals surface area (Å²) >= 11 is 0. The highest BCUT2D eigenvalue weighted by molar-refractivity contribution is 5.95. The Morgan fingerprint density at radius 1 is 1.60 bits per heavy atom. The Morgan fingerprint density at radius 2 is 2.33 bits per heavy atom. The van der Waals surface area contributed by atoms with E-state index in [0.29, 0.717) is 23.5 Å². The normalized spacial score (nSPS) is 9.33. The quantitative estimate of drug-likeness (QED) is 0.576. The Balaban J connectivity index is 3.00. The van der Waals surface area contributed by atoms with Crippen molar-refractivity contribution in [2.75, 3.05) is 6.61 Å². The van der Waals surface area contributed by atoms with Gasteiger partial charge in [-0.3, -0.25) is 5.41 Å². The zero-order chi connectivity index (χ0) is 11.3. The van der Waals surface area contributed by atoms with E-state index in [1.165, 1.54) is 0 Å². The van der Waals surface area contributed by atoms with Gasteiger partial charge in [-0.05, 0) is 24.6 Å². The Hall–Kier alpha value is -2.02. The fraction of sp³-hybridized carbons (Fsp3) is 0.273. The van der Waals surface area contributed by atoms with Crippen LogP contribution in [0.3, 0.4) is 0 Å². The van der Waals surface area contributed by atoms with Gasteiger partial charge in [0.15, 0.2) is 0 Å². The van der Waals surface area contributed by atoms with Crippen molar-refractivity contribution in [3.63, 3.8) is 0 Å². The summed E-state index contributed by atoms with van der Waals surface area (Å²) in [6.07, 6.45) is 0.888. The minimum atomic E-state index is -0.0476. The number of nitrogens with zero attached hydrogens (tertiary/aromatic N) is 1. The van der Waals surface area contributed by atoms with Crippen LogP contribution in [-0.4, -0.2) is 12.4 Å². The van der Waals surface area contributed by atoms with Crippen LogP contribution < -0.4 is 10.5 Å². The third-order valence-corrected chi connectivity index (χ3v) is 1.87. The number of hydrogen-bond donors (Lipinski definition) is 2. The molecule has 3 N–H and O–H groups in total. The van der Waals surface area contributed by atoms with Gasteiger partial charge in [-0.2, -0.15) is 5.26 Å². The van der Waals surface area contributed by atoms with Crippen LogP contribution in [-0.2, 0) is 0 Å². The molecule has 1 rings (SSSR count). The third-order valence-electron chi connectivity index (χ3n) is 1.87. The number of nitrogens with one attached hydrogen (secondary N) is 1. The monoisotopic (exact) mass is 203 g/mol. The molecule has 0 saturated heterocycles. The first kappa shape index (κ1) is 11.1. The zero-order valence-corrected chi connectivity index (χ0v) is 8.58. The molecule has 0 aliphatic heterocycles. The summed E-state index contributed by atoms with van der Waals surface area (Å²) < 4.78 is 5.38. The molecule has 0 bridgehead atoms. The van der Waals surface area contributed by atoms with E-state index in [2.05, 4.69) is 0 Å². The minimum absolute atomic E-state index is 0.0476. The molecule has 78 valence electrons. The number of hydrogen-bond acceptors (Lipinski definition) is 3. The molecule has 0 saturated carbocycles. The Kier molecular flexibility index (Phi) is 3.69. The number of amidine groups is 1. The molecular weight excluding hydrogens is 190 g/mol. The van der Waals surface area contributed by atoms with E-state index >= 15 is 0 Å². The van der Waals surface area contributed by atoms with E-state index < -0.39 is 0 Å². The molecule has 0 amide bonds. The summed E-state index contributed by atoms with van der Waals surface area (Å²) in [6.45, 7) is 2.57. The van der Waals surface area contributed by atoms with Crippen molar-refractivity contribution in [1.82, 2.24) is 0 Å². The van der Waals surface area contributed by atoms with Crippen LogP contribution in [0.15, 0.2) is 18.2 Å². The van der Waals surface area contributed by atoms with Gasteiger partial charge in [-0.25, -0.2) is 0 Å². The lowest BCUT2D eigenvalue weighted by Crippen LogP contribution is -2.11. The van der Waals surface area contributed by atoms with E-state index in [-0.39, 0.29) is 5.84 Å². The van der Waals surface area contributed by atoms with Crippen molar-refractivity contribution in [3.8, 4) is 11.8 Å². The molecule has 0 atom stereocenters. The Bertz CT molecular complexity index is 407. The summed E-state index contributed by atoms with van der Waals surface area (Å²) in [5.41, 5.74) is 6.27. The number of nitrogens with two attached hydrogens (primary N) is 1. The zero-order valence-electron chi connectivity index (χ0n) is 8.58. The van der Waals surface area contributed by atoms with Gasteiger partial charge in [0.2, 0.25) is 0 Å². The lowest BCUT2D eigenvalue weighted by molar-refractivity contribution is 0.316. The Morgan fingerprint density at radius 3 is 2.87 bits per heavy atom. The van der Waals surface area contributed by atoms with Crippen LogP contribution >= 0.6 is 0 Å². The summed E-state index contributed by atoms with van der Waals surface area (Å²) in [7, 11) is 0. The van der Waals surface area contributed by atoms with Crippen molar-refractivity contribution in [2.24, 2.45) is 5.73 Å². The first-order valence-electron chi connectivity index (χ1n) is 4.70. The average molecular weight is 203 g/mol. The van der Waals surface area contributed by atoms with Gasteiger partial charge in [-0.15, -0.1) is 0 Å². The number of benzene rings is 1. The average Bonchev–Trinajstić information content (AvgIpc) is 2.25. The Labute approximate surface area is 88.8 Å². The van der Waals surface area contributed by atoms with E-state index in [9.17, 15) is 0 Å². The van der Waals surface area contributed by atoms with Crippen molar-refractivity contribution in [1.29, 1.82) is 10.7 Å². The second kappa shape index (κ2) is 5.01. The lowest BCUT2D eigenvalue weighted by atomic mass is 10.1. The molecule has 0 aliphatic carbocycles. The molecule has 4 heteroatoms. The number of nitrogen functional groups attached to an aromatic ring is 1. The molecule has 1 aromatic carbocycles. The number of ether oxygens (including phenoxy) is 1. The van der Waals surface area contributed by atoms with E-state index in [1.807, 2.05) is 13.0 Å². The first-order valence-corrected chi connectivity index (χ1v) is 4.70. The number of rotatable bonds is 4. The predicted octanol–water partition coefficient (Wildman–Crippen LogP) is 1.63. The van der Waals surface area contributed by atoms with Gasteiger partial charge >= 0.3 is 0 Å². The fourth-order valence-corrected chi connectivity index (χ4v) is 1.12. The van der Waals surface area contributed by atoms with E-state index in [0.717, 1.165) is 6.42 Å². The summed E-state index contributed by atoms with van der Waals surface area (Å²) in [5, 5.41) is 16.1. The van der Waals surface area contributed by atoms with Crippen molar-refractivity contribution in [3.05, 3.63) is 29.3 Å². The number of nitriles is 1. The molecule has 0 fully saturated rings. The molecule has 0 aromatic heterocycles. The molecule has 0 aliphatic rings. The van der Waals surface area contributed by atoms with Crippen molar-refractivity contribution in [2.45, 2.75) is 13.3 Å². The first-order chi connectivity index (χ1) is 7.19. The highest BCUT2D eigenvalue weighted by Crippen LogP contribution is 2.19. The van der Waals surface area contributed by atoms with Gasteiger partial charge in [0, 0.05) is 5.56 Å². The summed E-state index contributed by atoms with van der Waals surface area (Å²) in [6, 6.07) is 6.93. The summed E-state index contributed by atoms with van der Waals surface area (Å²) in [5.74, 6) is 0.498. The summed E-state index contributed by atoms with van der Waals surface area (Å²) in [4.78, 5) is 0. The molecule has 0 spiro atoms. The van der Waals surface area contributed by atoms with Crippen molar-refractivity contribution >= 4 is 5.84 Å². The maximum Gasteiger partial charge on any atom is 0.137 e. The van der Waals surface area contributed by atoms with E-state index in [1.54, 1.807) is 18.2 Å².